The van der Waals surface area contributed by atoms with Crippen molar-refractivity contribution in [2.45, 2.75) is 33.2 Å². The number of para-hydroxylation sites is 2. The van der Waals surface area contributed by atoms with E-state index in [0.717, 1.165) is 24.9 Å². The average molecular weight is 353 g/mol. The highest BCUT2D eigenvalue weighted by Crippen LogP contribution is 2.21. The first-order valence-electron chi connectivity index (χ1n) is 9.75. The number of benzene rings is 2. The fourth-order valence-electron chi connectivity index (χ4n) is 3.89. The predicted molar refractivity (Wildman–Crippen MR) is 114 cm³/mol. The maximum Gasteiger partial charge on any atom is 0.213 e. The van der Waals surface area contributed by atoms with Gasteiger partial charge in [0.2, 0.25) is 5.52 Å². The second-order valence-corrected chi connectivity index (χ2v) is 6.80. The molecule has 2 aromatic carbocycles. The van der Waals surface area contributed by atoms with Gasteiger partial charge in [-0.15, -0.1) is 0 Å². The molecule has 2 aromatic heterocycles. The van der Waals surface area contributed by atoms with Crippen molar-refractivity contribution >= 4 is 27.9 Å². The van der Waals surface area contributed by atoms with Crippen LogP contribution in [0.25, 0.3) is 27.9 Å². The van der Waals surface area contributed by atoms with Crippen LogP contribution in [0.2, 0.25) is 0 Å². The van der Waals surface area contributed by atoms with Crippen LogP contribution in [0.15, 0.2) is 72.9 Å². The normalized spacial score (nSPS) is 11.6. The number of aryl methyl sites for hydroxylation is 2. The van der Waals surface area contributed by atoms with Crippen LogP contribution in [0.3, 0.4) is 0 Å². The highest BCUT2D eigenvalue weighted by Gasteiger charge is 2.15. The molecule has 0 radical (unpaired) electrons. The van der Waals surface area contributed by atoms with Crippen LogP contribution in [0.1, 0.15) is 30.7 Å². The van der Waals surface area contributed by atoms with E-state index < -0.39 is 0 Å². The van der Waals surface area contributed by atoms with Crippen molar-refractivity contribution < 1.29 is 4.57 Å². The maximum absolute atomic E-state index is 4.46. The molecule has 0 aliphatic rings. The minimum absolute atomic E-state index is 0.904. The van der Waals surface area contributed by atoms with Gasteiger partial charge in [-0.3, -0.25) is 4.98 Å². The number of hydrogen-bond acceptors (Lipinski definition) is 1. The molecule has 0 aliphatic carbocycles. The van der Waals surface area contributed by atoms with Gasteiger partial charge in [-0.2, -0.15) is 4.57 Å². The lowest BCUT2D eigenvalue weighted by Crippen LogP contribution is -2.38. The van der Waals surface area contributed by atoms with Gasteiger partial charge in [0.15, 0.2) is 5.69 Å². The molecule has 27 heavy (non-hydrogen) atoms. The van der Waals surface area contributed by atoms with E-state index in [1.807, 2.05) is 12.3 Å². The highest BCUT2D eigenvalue weighted by molar-refractivity contribution is 5.86. The molecule has 0 atom stereocenters. The summed E-state index contributed by atoms with van der Waals surface area (Å²) in [5.41, 5.74) is 6.37. The third-order valence-electron chi connectivity index (χ3n) is 5.23. The Morgan fingerprint density at radius 3 is 2.52 bits per heavy atom. The van der Waals surface area contributed by atoms with Gasteiger partial charge in [0.05, 0.1) is 10.9 Å². The Hall–Kier alpha value is -3.00. The molecule has 0 saturated carbocycles. The standard InChI is InChI=1S/C25H25N2/c1-3-21-18-20(23-13-6-8-15-25(23)27(21)4-2)11-9-10-19-16-17-26-24-14-7-5-12-22(19)24/h5-9,11-18H,3-4,10H2,1-2H3/q+1. The fourth-order valence-corrected chi connectivity index (χ4v) is 3.89. The minimum atomic E-state index is 0.904. The summed E-state index contributed by atoms with van der Waals surface area (Å²) in [5, 5.41) is 2.55. The molecule has 0 aliphatic heterocycles. The molecule has 0 fully saturated rings. The zero-order valence-corrected chi connectivity index (χ0v) is 16.0. The van der Waals surface area contributed by atoms with Crippen LogP contribution in [-0.4, -0.2) is 4.98 Å². The Kier molecular flexibility index (Phi) is 4.97. The Morgan fingerprint density at radius 1 is 0.926 bits per heavy atom. The molecule has 2 heterocycles. The number of nitrogens with zero attached hydrogens (tertiary/aromatic N) is 2. The van der Waals surface area contributed by atoms with E-state index in [1.165, 1.54) is 33.1 Å². The average Bonchev–Trinajstić information content (AvgIpc) is 2.73. The summed E-state index contributed by atoms with van der Waals surface area (Å²) in [4.78, 5) is 4.46. The van der Waals surface area contributed by atoms with E-state index in [0.29, 0.717) is 0 Å². The second kappa shape index (κ2) is 7.71. The van der Waals surface area contributed by atoms with Crippen molar-refractivity contribution in [1.29, 1.82) is 0 Å². The minimum Gasteiger partial charge on any atom is -0.256 e. The Balaban J connectivity index is 1.73. The zero-order valence-electron chi connectivity index (χ0n) is 16.0. The first-order chi connectivity index (χ1) is 13.3. The van der Waals surface area contributed by atoms with E-state index in [-0.39, 0.29) is 0 Å². The molecular weight excluding hydrogens is 328 g/mol. The van der Waals surface area contributed by atoms with Gasteiger partial charge >= 0.3 is 0 Å². The fraction of sp³-hybridized carbons (Fsp3) is 0.200. The number of allylic oxidation sites excluding steroid dienone is 1. The zero-order chi connectivity index (χ0) is 18.6. The molecule has 4 rings (SSSR count). The highest BCUT2D eigenvalue weighted by atomic mass is 15.0. The van der Waals surface area contributed by atoms with Crippen LogP contribution in [-0.2, 0) is 19.4 Å². The van der Waals surface area contributed by atoms with E-state index in [1.54, 1.807) is 0 Å². The number of fused-ring (bicyclic) bond motifs is 2. The van der Waals surface area contributed by atoms with Gasteiger partial charge in [-0.1, -0.05) is 49.4 Å². The first kappa shape index (κ1) is 17.4. The van der Waals surface area contributed by atoms with Crippen LogP contribution in [0, 0.1) is 0 Å². The van der Waals surface area contributed by atoms with Crippen molar-refractivity contribution in [1.82, 2.24) is 4.98 Å². The van der Waals surface area contributed by atoms with Crippen molar-refractivity contribution in [2.24, 2.45) is 0 Å². The van der Waals surface area contributed by atoms with Crippen LogP contribution >= 0.6 is 0 Å². The smallest absolute Gasteiger partial charge is 0.213 e. The number of pyridine rings is 2. The van der Waals surface area contributed by atoms with Crippen LogP contribution in [0.5, 0.6) is 0 Å². The first-order valence-corrected chi connectivity index (χ1v) is 9.75. The van der Waals surface area contributed by atoms with Gasteiger partial charge < -0.3 is 0 Å². The molecule has 0 bridgehead atoms. The molecule has 2 nitrogen and oxygen atoms in total. The van der Waals surface area contributed by atoms with Crippen molar-refractivity contribution in [2.75, 3.05) is 0 Å². The van der Waals surface area contributed by atoms with Gasteiger partial charge in [-0.05, 0) is 42.7 Å². The van der Waals surface area contributed by atoms with E-state index in [9.17, 15) is 0 Å². The molecule has 0 N–H and O–H groups in total. The van der Waals surface area contributed by atoms with Crippen LogP contribution < -0.4 is 4.57 Å². The number of aromatic nitrogens is 2. The summed E-state index contributed by atoms with van der Waals surface area (Å²) < 4.78 is 2.42. The van der Waals surface area contributed by atoms with Gasteiger partial charge in [-0.25, -0.2) is 0 Å². The molecule has 2 heteroatoms. The van der Waals surface area contributed by atoms with Gasteiger partial charge in [0.25, 0.3) is 0 Å². The quantitative estimate of drug-likeness (QED) is 0.432. The molecule has 0 amide bonds. The summed E-state index contributed by atoms with van der Waals surface area (Å²) >= 11 is 0. The van der Waals surface area contributed by atoms with Crippen molar-refractivity contribution in [3.8, 4) is 0 Å². The van der Waals surface area contributed by atoms with E-state index in [4.69, 9.17) is 0 Å². The number of hydrogen-bond donors (Lipinski definition) is 0. The van der Waals surface area contributed by atoms with E-state index in [2.05, 4.69) is 90.1 Å². The maximum atomic E-state index is 4.46. The Labute approximate surface area is 160 Å². The molecule has 0 spiro atoms. The molecule has 0 saturated heterocycles. The lowest BCUT2D eigenvalue weighted by molar-refractivity contribution is -0.675. The molecule has 4 aromatic rings. The predicted octanol–water partition coefficient (Wildman–Crippen LogP) is 5.51. The van der Waals surface area contributed by atoms with Gasteiger partial charge in [0.1, 0.15) is 6.54 Å². The summed E-state index contributed by atoms with van der Waals surface area (Å²) in [5.74, 6) is 0. The molecule has 0 unspecified atom stereocenters. The number of rotatable bonds is 5. The Bertz CT molecular complexity index is 1120. The van der Waals surface area contributed by atoms with Crippen molar-refractivity contribution in [3.63, 3.8) is 0 Å². The summed E-state index contributed by atoms with van der Waals surface area (Å²) in [7, 11) is 0. The van der Waals surface area contributed by atoms with E-state index >= 15 is 0 Å². The van der Waals surface area contributed by atoms with Crippen LogP contribution in [0.4, 0.5) is 0 Å². The summed E-state index contributed by atoms with van der Waals surface area (Å²) in [6.07, 6.45) is 8.40. The summed E-state index contributed by atoms with van der Waals surface area (Å²) in [6.45, 7) is 5.44. The molecular formula is C25H25N2+. The Morgan fingerprint density at radius 2 is 1.70 bits per heavy atom. The topological polar surface area (TPSA) is 16.8 Å². The SMILES string of the molecule is CCc1cc(C=CCc2ccnc3ccccc23)c2ccccc2[n+]1CC. The summed E-state index contributed by atoms with van der Waals surface area (Å²) in [6, 6.07) is 21.5. The largest absolute Gasteiger partial charge is 0.256 e. The lowest BCUT2D eigenvalue weighted by atomic mass is 10.0. The monoisotopic (exact) mass is 353 g/mol. The molecule has 134 valence electrons. The van der Waals surface area contributed by atoms with Crippen molar-refractivity contribution in [3.05, 3.63) is 89.8 Å². The van der Waals surface area contributed by atoms with Gasteiger partial charge in [0, 0.05) is 30.1 Å². The lowest BCUT2D eigenvalue weighted by Gasteiger charge is -2.08. The third kappa shape index (κ3) is 3.35. The second-order valence-electron chi connectivity index (χ2n) is 6.80. The third-order valence-corrected chi connectivity index (χ3v) is 5.23.